The third-order valence-electron chi connectivity index (χ3n) is 1.85. The van der Waals surface area contributed by atoms with Crippen LogP contribution in [0.4, 0.5) is 0 Å². The molecule has 13 heavy (non-hydrogen) atoms. The van der Waals surface area contributed by atoms with Gasteiger partial charge >= 0.3 is 0 Å². The molecule has 1 heterocycles. The molecule has 1 atom stereocenters. The van der Waals surface area contributed by atoms with Crippen LogP contribution in [0.25, 0.3) is 0 Å². The number of aromatic amines is 1. The van der Waals surface area contributed by atoms with E-state index in [2.05, 4.69) is 4.98 Å². The molecule has 4 heteroatoms. The summed E-state index contributed by atoms with van der Waals surface area (Å²) in [5.41, 5.74) is 6.97. The summed E-state index contributed by atoms with van der Waals surface area (Å²) in [6, 6.07) is 3.37. The van der Waals surface area contributed by atoms with Crippen molar-refractivity contribution in [2.24, 2.45) is 5.73 Å². The number of aromatic nitrogens is 1. The minimum absolute atomic E-state index is 0.118. The van der Waals surface area contributed by atoms with Gasteiger partial charge in [-0.2, -0.15) is 5.26 Å². The number of rotatable bonds is 2. The molecule has 68 valence electrons. The maximum absolute atomic E-state index is 11.0. The van der Waals surface area contributed by atoms with Crippen LogP contribution < -0.4 is 11.3 Å². The molecular formula is C9H11N3O. The van der Waals surface area contributed by atoms with Crippen LogP contribution in [0.3, 0.4) is 0 Å². The molecule has 0 saturated carbocycles. The Morgan fingerprint density at radius 2 is 2.46 bits per heavy atom. The number of nitrogens with one attached hydrogen (secondary N) is 1. The van der Waals surface area contributed by atoms with Gasteiger partial charge in [0.1, 0.15) is 0 Å². The number of hydrogen-bond donors (Lipinski definition) is 2. The number of pyridine rings is 1. The van der Waals surface area contributed by atoms with Gasteiger partial charge in [-0.25, -0.2) is 0 Å². The van der Waals surface area contributed by atoms with Crippen molar-refractivity contribution >= 4 is 0 Å². The van der Waals surface area contributed by atoms with Crippen molar-refractivity contribution in [3.63, 3.8) is 0 Å². The molecule has 0 amide bonds. The van der Waals surface area contributed by atoms with E-state index in [0.29, 0.717) is 5.56 Å². The zero-order chi connectivity index (χ0) is 9.84. The van der Waals surface area contributed by atoms with Crippen molar-refractivity contribution < 1.29 is 0 Å². The van der Waals surface area contributed by atoms with Crippen LogP contribution in [0.15, 0.2) is 17.1 Å². The van der Waals surface area contributed by atoms with E-state index in [1.54, 1.807) is 19.2 Å². The summed E-state index contributed by atoms with van der Waals surface area (Å²) in [6.45, 7) is 1.71. The molecule has 0 bridgehead atoms. The molecule has 0 fully saturated rings. The Hall–Kier alpha value is -1.60. The molecule has 0 spiro atoms. The van der Waals surface area contributed by atoms with Crippen molar-refractivity contribution in [3.05, 3.63) is 33.7 Å². The smallest absolute Gasteiger partial charge is 0.250 e. The average Bonchev–Trinajstić information content (AvgIpc) is 2.10. The lowest BCUT2D eigenvalue weighted by atomic mass is 10.1. The van der Waals surface area contributed by atoms with Crippen LogP contribution in [0, 0.1) is 18.3 Å². The summed E-state index contributed by atoms with van der Waals surface area (Å²) in [6.07, 6.45) is 1.81. The monoisotopic (exact) mass is 177 g/mol. The van der Waals surface area contributed by atoms with Crippen LogP contribution in [-0.2, 0) is 0 Å². The van der Waals surface area contributed by atoms with Crippen molar-refractivity contribution in [2.75, 3.05) is 0 Å². The molecule has 0 saturated heterocycles. The Morgan fingerprint density at radius 1 is 1.77 bits per heavy atom. The van der Waals surface area contributed by atoms with E-state index >= 15 is 0 Å². The normalized spacial score (nSPS) is 12.1. The molecule has 1 aromatic heterocycles. The molecule has 1 rings (SSSR count). The summed E-state index contributed by atoms with van der Waals surface area (Å²) in [5, 5.41) is 8.42. The topological polar surface area (TPSA) is 82.7 Å². The second-order valence-corrected chi connectivity index (χ2v) is 2.91. The first-order chi connectivity index (χ1) is 6.15. The average molecular weight is 177 g/mol. The fourth-order valence-electron chi connectivity index (χ4n) is 1.05. The zero-order valence-electron chi connectivity index (χ0n) is 7.37. The minimum atomic E-state index is -0.319. The van der Waals surface area contributed by atoms with Crippen molar-refractivity contribution in [1.82, 2.24) is 4.98 Å². The van der Waals surface area contributed by atoms with E-state index < -0.39 is 0 Å². The van der Waals surface area contributed by atoms with Gasteiger partial charge in [0.05, 0.1) is 12.5 Å². The second-order valence-electron chi connectivity index (χ2n) is 2.91. The van der Waals surface area contributed by atoms with Gasteiger partial charge in [-0.05, 0) is 18.6 Å². The van der Waals surface area contributed by atoms with Crippen LogP contribution >= 0.6 is 0 Å². The van der Waals surface area contributed by atoms with Crippen LogP contribution in [-0.4, -0.2) is 4.98 Å². The highest BCUT2D eigenvalue weighted by molar-refractivity contribution is 5.20. The van der Waals surface area contributed by atoms with Crippen molar-refractivity contribution in [1.29, 1.82) is 5.26 Å². The van der Waals surface area contributed by atoms with E-state index in [0.717, 1.165) is 5.56 Å². The van der Waals surface area contributed by atoms with E-state index in [4.69, 9.17) is 11.0 Å². The van der Waals surface area contributed by atoms with Crippen LogP contribution in [0.2, 0.25) is 0 Å². The predicted molar refractivity (Wildman–Crippen MR) is 49.0 cm³/mol. The molecule has 0 aliphatic heterocycles. The number of aryl methyl sites for hydroxylation is 1. The lowest BCUT2D eigenvalue weighted by molar-refractivity contribution is 0.741. The fourth-order valence-corrected chi connectivity index (χ4v) is 1.05. The largest absolute Gasteiger partial charge is 0.329 e. The SMILES string of the molecule is Cc1cc(C(N)CC#N)c[nH]c1=O. The third kappa shape index (κ3) is 2.17. The Bertz CT molecular complexity index is 389. The molecule has 1 unspecified atom stereocenters. The van der Waals surface area contributed by atoms with E-state index in [1.165, 1.54) is 0 Å². The Kier molecular flexibility index (Phi) is 2.83. The number of nitrogens with zero attached hydrogens (tertiary/aromatic N) is 1. The molecule has 0 aliphatic carbocycles. The van der Waals surface area contributed by atoms with Gasteiger partial charge in [0.15, 0.2) is 0 Å². The number of H-pyrrole nitrogens is 1. The first-order valence-corrected chi connectivity index (χ1v) is 3.97. The summed E-state index contributed by atoms with van der Waals surface area (Å²) < 4.78 is 0. The zero-order valence-corrected chi connectivity index (χ0v) is 7.37. The standard InChI is InChI=1S/C9H11N3O/c1-6-4-7(5-12-9(6)13)8(11)2-3-10/h4-5,8H,2,11H2,1H3,(H,12,13). The van der Waals surface area contributed by atoms with Gasteiger partial charge in [-0.3, -0.25) is 4.79 Å². The minimum Gasteiger partial charge on any atom is -0.329 e. The Labute approximate surface area is 76.0 Å². The lowest BCUT2D eigenvalue weighted by Gasteiger charge is -2.07. The number of nitrogens with two attached hydrogens (primary N) is 1. The molecular weight excluding hydrogens is 166 g/mol. The van der Waals surface area contributed by atoms with E-state index in [-0.39, 0.29) is 18.0 Å². The van der Waals surface area contributed by atoms with E-state index in [1.807, 2.05) is 6.07 Å². The summed E-state index contributed by atoms with van der Waals surface area (Å²) >= 11 is 0. The van der Waals surface area contributed by atoms with Gasteiger partial charge in [-0.15, -0.1) is 0 Å². The summed E-state index contributed by atoms with van der Waals surface area (Å²) in [4.78, 5) is 13.6. The van der Waals surface area contributed by atoms with Crippen LogP contribution in [0.1, 0.15) is 23.6 Å². The Balaban J connectivity index is 2.98. The number of nitriles is 1. The molecule has 1 aromatic rings. The molecule has 0 radical (unpaired) electrons. The van der Waals surface area contributed by atoms with Gasteiger partial charge in [0.25, 0.3) is 5.56 Å². The summed E-state index contributed by atoms with van der Waals surface area (Å²) in [7, 11) is 0. The lowest BCUT2D eigenvalue weighted by Crippen LogP contribution is -2.15. The first-order valence-electron chi connectivity index (χ1n) is 3.97. The third-order valence-corrected chi connectivity index (χ3v) is 1.85. The second kappa shape index (κ2) is 3.87. The quantitative estimate of drug-likeness (QED) is 0.693. The van der Waals surface area contributed by atoms with Gasteiger partial charge in [-0.1, -0.05) is 0 Å². The molecule has 4 nitrogen and oxygen atoms in total. The highest BCUT2D eigenvalue weighted by atomic mass is 16.1. The molecule has 3 N–H and O–H groups in total. The first kappa shape index (κ1) is 9.49. The highest BCUT2D eigenvalue weighted by Crippen LogP contribution is 2.11. The highest BCUT2D eigenvalue weighted by Gasteiger charge is 2.05. The van der Waals surface area contributed by atoms with Gasteiger partial charge < -0.3 is 10.7 Å². The van der Waals surface area contributed by atoms with Crippen molar-refractivity contribution in [3.8, 4) is 6.07 Å². The van der Waals surface area contributed by atoms with Crippen molar-refractivity contribution in [2.45, 2.75) is 19.4 Å². The van der Waals surface area contributed by atoms with Gasteiger partial charge in [0.2, 0.25) is 0 Å². The Morgan fingerprint density at radius 3 is 3.00 bits per heavy atom. The van der Waals surface area contributed by atoms with E-state index in [9.17, 15) is 4.79 Å². The van der Waals surface area contributed by atoms with Crippen LogP contribution in [0.5, 0.6) is 0 Å². The molecule has 0 aliphatic rings. The number of hydrogen-bond acceptors (Lipinski definition) is 3. The maximum atomic E-state index is 11.0. The predicted octanol–water partition coefficient (Wildman–Crippen LogP) is 0.597. The fraction of sp³-hybridized carbons (Fsp3) is 0.333. The van der Waals surface area contributed by atoms with Gasteiger partial charge in [0, 0.05) is 17.8 Å². The molecule has 0 aromatic carbocycles. The maximum Gasteiger partial charge on any atom is 0.250 e. The summed E-state index contributed by atoms with van der Waals surface area (Å²) in [5.74, 6) is 0.